The zero-order chi connectivity index (χ0) is 64.0. The predicted octanol–water partition coefficient (Wildman–Crippen LogP) is 10.2. The summed E-state index contributed by atoms with van der Waals surface area (Å²) in [4.78, 5) is 128. The molecular weight excluding hydrogens is 1130 g/mol. The van der Waals surface area contributed by atoms with Crippen molar-refractivity contribution < 1.29 is 97.2 Å². The average Bonchev–Trinajstić information content (AvgIpc) is 2.29. The van der Waals surface area contributed by atoms with Crippen LogP contribution in [0.4, 0.5) is 0 Å². The van der Waals surface area contributed by atoms with E-state index in [1.165, 1.54) is 51.4 Å². The average molecular weight is 1230 g/mol. The molecule has 0 bridgehead atoms. The highest BCUT2D eigenvalue weighted by Gasteiger charge is 2.52. The zero-order valence-corrected chi connectivity index (χ0v) is 51.7. The van der Waals surface area contributed by atoms with Crippen LogP contribution < -0.4 is 16.0 Å². The van der Waals surface area contributed by atoms with Crippen LogP contribution in [-0.2, 0) is 66.8 Å². The van der Waals surface area contributed by atoms with E-state index in [1.807, 2.05) is 6.07 Å². The first-order valence-electron chi connectivity index (χ1n) is 32.2. The Balaban J connectivity index is 2.42. The van der Waals surface area contributed by atoms with E-state index in [0.29, 0.717) is 63.5 Å². The number of hydrogen-bond acceptors (Lipinski definition) is 15. The third-order valence-electron chi connectivity index (χ3n) is 15.1. The lowest BCUT2D eigenvalue weighted by Crippen LogP contribution is -2.67. The van der Waals surface area contributed by atoms with E-state index in [0.717, 1.165) is 70.6 Å². The fraction of sp³-hybridized carbons (Fsp3) is 0.750. The van der Waals surface area contributed by atoms with Crippen molar-refractivity contribution in [1.29, 1.82) is 0 Å². The Morgan fingerprint density at radius 3 is 1.40 bits per heavy atom. The number of carbonyl (C=O) groups is 10. The maximum absolute atomic E-state index is 14.0. The summed E-state index contributed by atoms with van der Waals surface area (Å²) in [6, 6.07) is 5.59. The minimum absolute atomic E-state index is 0.0745. The van der Waals surface area contributed by atoms with Crippen molar-refractivity contribution >= 4 is 59.5 Å². The Labute approximate surface area is 513 Å². The lowest BCUT2D eigenvalue weighted by molar-refractivity contribution is -0.297. The summed E-state index contributed by atoms with van der Waals surface area (Å²) in [6.45, 7) is 3.91. The molecule has 23 heteroatoms. The second-order valence-corrected chi connectivity index (χ2v) is 22.9. The number of benzene rings is 1. The van der Waals surface area contributed by atoms with Gasteiger partial charge in [0.1, 0.15) is 30.9 Å². The van der Waals surface area contributed by atoms with Crippen molar-refractivity contribution in [2.45, 2.75) is 294 Å². The molecule has 23 nitrogen and oxygen atoms in total. The molecule has 494 valence electrons. The van der Waals surface area contributed by atoms with Crippen molar-refractivity contribution in [3.63, 3.8) is 0 Å². The maximum atomic E-state index is 14.0. The molecule has 6 atom stereocenters. The van der Waals surface area contributed by atoms with Crippen LogP contribution in [0.5, 0.6) is 0 Å². The third-order valence-corrected chi connectivity index (χ3v) is 15.1. The van der Waals surface area contributed by atoms with Gasteiger partial charge in [-0.15, -0.1) is 0 Å². The van der Waals surface area contributed by atoms with Gasteiger partial charge >= 0.3 is 41.8 Å². The van der Waals surface area contributed by atoms with Crippen LogP contribution in [0, 0.1) is 0 Å². The Hall–Kier alpha value is -6.20. The zero-order valence-electron chi connectivity index (χ0n) is 51.7. The molecule has 0 spiro atoms. The number of carboxylic acids is 5. The molecule has 1 unspecified atom stereocenters. The Morgan fingerprint density at radius 1 is 0.494 bits per heavy atom. The number of carbonyl (C=O) groups excluding carboxylic acids is 5. The normalized spacial score (nSPS) is 16.9. The van der Waals surface area contributed by atoms with Crippen LogP contribution in [0.1, 0.15) is 255 Å². The summed E-state index contributed by atoms with van der Waals surface area (Å²) in [7, 11) is 0. The molecule has 1 aromatic carbocycles. The Kier molecular flexibility index (Phi) is 42.3. The molecule has 1 fully saturated rings. The maximum Gasteiger partial charge on any atom is 0.326 e. The molecule has 1 heterocycles. The molecule has 1 aromatic rings. The summed E-state index contributed by atoms with van der Waals surface area (Å²) in [6.07, 6.45) is 10.0. The first kappa shape index (κ1) is 76.9. The molecule has 1 saturated heterocycles. The van der Waals surface area contributed by atoms with Gasteiger partial charge in [-0.3, -0.25) is 43.2 Å². The summed E-state index contributed by atoms with van der Waals surface area (Å²) in [5.41, 5.74) is 0.531. The topological polar surface area (TPSA) is 354 Å². The van der Waals surface area contributed by atoms with E-state index in [9.17, 15) is 73.5 Å². The number of hydrogen-bond donors (Lipinski definition) is 8. The van der Waals surface area contributed by atoms with E-state index in [1.54, 1.807) is 24.3 Å². The molecule has 0 aliphatic carbocycles. The number of carboxylic acid groups (broad SMARTS) is 5. The van der Waals surface area contributed by atoms with Crippen LogP contribution in [-0.4, -0.2) is 147 Å². The Morgan fingerprint density at radius 2 is 0.931 bits per heavy atom. The number of unbranched alkanes of at least 4 members (excludes halogenated alkanes) is 24. The number of nitrogens with one attached hydrogen (secondary N) is 3. The second-order valence-electron chi connectivity index (χ2n) is 22.9. The van der Waals surface area contributed by atoms with E-state index in [2.05, 4.69) is 29.8 Å². The minimum Gasteiger partial charge on any atom is -0.481 e. The number of esters is 2. The predicted molar refractivity (Wildman–Crippen MR) is 321 cm³/mol. The smallest absolute Gasteiger partial charge is 0.326 e. The van der Waals surface area contributed by atoms with Gasteiger partial charge in [-0.05, 0) is 44.2 Å². The molecule has 1 aliphatic rings. The van der Waals surface area contributed by atoms with Crippen molar-refractivity contribution in [1.82, 2.24) is 16.0 Å². The van der Waals surface area contributed by atoms with Gasteiger partial charge in [0.25, 0.3) is 5.91 Å². The molecule has 0 radical (unpaired) electrons. The molecule has 87 heavy (non-hydrogen) atoms. The molecule has 3 amide bonds. The number of rotatable bonds is 54. The van der Waals surface area contributed by atoms with Crippen LogP contribution in [0.25, 0.3) is 0 Å². The first-order valence-corrected chi connectivity index (χ1v) is 32.2. The van der Waals surface area contributed by atoms with Crippen LogP contribution >= 0.6 is 0 Å². The minimum atomic E-state index is -1.89. The fourth-order valence-electron chi connectivity index (χ4n) is 10.4. The molecule has 1 aliphatic heterocycles. The second kappa shape index (κ2) is 47.8. The number of amides is 3. The fourth-order valence-corrected chi connectivity index (χ4v) is 10.4. The van der Waals surface area contributed by atoms with Gasteiger partial charge in [0.05, 0.1) is 37.9 Å². The van der Waals surface area contributed by atoms with E-state index in [4.69, 9.17) is 23.7 Å². The van der Waals surface area contributed by atoms with Gasteiger partial charge in [0.2, 0.25) is 11.8 Å². The van der Waals surface area contributed by atoms with Crippen LogP contribution in [0.3, 0.4) is 0 Å². The molecule has 0 saturated carbocycles. The summed E-state index contributed by atoms with van der Waals surface area (Å²) < 4.78 is 30.3. The largest absolute Gasteiger partial charge is 0.481 e. The van der Waals surface area contributed by atoms with E-state index in [-0.39, 0.29) is 25.2 Å². The van der Waals surface area contributed by atoms with Gasteiger partial charge in [-0.1, -0.05) is 180 Å². The highest BCUT2D eigenvalue weighted by Crippen LogP contribution is 2.32. The summed E-state index contributed by atoms with van der Waals surface area (Å²) in [5, 5.41) is 57.5. The molecule has 8 N–H and O–H groups in total. The highest BCUT2D eigenvalue weighted by molar-refractivity contribution is 5.94. The van der Waals surface area contributed by atoms with Crippen molar-refractivity contribution in [3.05, 3.63) is 35.9 Å². The molecule has 0 aromatic heterocycles. The van der Waals surface area contributed by atoms with Crippen LogP contribution in [0.2, 0.25) is 0 Å². The van der Waals surface area contributed by atoms with Gasteiger partial charge in [0.15, 0.2) is 12.4 Å². The lowest BCUT2D eigenvalue weighted by atomic mass is 9.94. The van der Waals surface area contributed by atoms with E-state index < -0.39 is 148 Å². The monoisotopic (exact) mass is 1230 g/mol. The SMILES string of the molecule is CCCCCCCCCCCCCC(=O)NC(CCC(=O)OC[C@H]1O[C@H](OC(CC(=O)O)CC(=O)O)[C@@H](NC(=O)CCCCCCCNC(=O)c2ccccc2)[C@@H](OC(=O)CCCCCCCCCCCCC)[C@@H]1OC(CC(=O)O)CC(=O)O)C(=O)O. The van der Waals surface area contributed by atoms with E-state index >= 15 is 0 Å². The van der Waals surface area contributed by atoms with Crippen LogP contribution in [0.15, 0.2) is 30.3 Å². The number of aliphatic carboxylic acids is 5. The quantitative estimate of drug-likeness (QED) is 0.0222. The number of ether oxygens (including phenoxy) is 5. The Bertz CT molecular complexity index is 2130. The van der Waals surface area contributed by atoms with Crippen molar-refractivity contribution in [2.75, 3.05) is 13.2 Å². The van der Waals surface area contributed by atoms with Gasteiger partial charge in [-0.2, -0.15) is 0 Å². The van der Waals surface area contributed by atoms with Crippen molar-refractivity contribution in [2.24, 2.45) is 0 Å². The van der Waals surface area contributed by atoms with Gasteiger partial charge < -0.3 is 65.2 Å². The summed E-state index contributed by atoms with van der Waals surface area (Å²) in [5.74, 6) is -10.6. The standard InChI is InChI=1S/C64H103N3O20/c1-3-5-7-9-11-13-15-17-19-22-29-35-51(68)66-49(63(81)82)38-39-57(78)83-45-50-60(84-47(41-53(70)71)42-54(72)73)61(87-58(79)37-31-24-20-18-16-14-12-10-8-6-4-2)59(64(86-50)85-48(43-55(74)75)44-56(76)77)67-52(69)36-30-23-21-25-32-40-65-62(80)46-33-27-26-28-34-46/h26-28,33-34,47-50,59-61,64H,3-25,29-32,35-45H2,1-2H3,(H,65,80)(H,66,68)(H,67,69)(H,70,71)(H,72,73)(H,74,75)(H,76,77)(H,81,82)/t49?,50-,59+,60-,61-,64+/m1/s1. The third kappa shape index (κ3) is 38.0. The lowest BCUT2D eigenvalue weighted by Gasteiger charge is -2.47. The molecule has 2 rings (SSSR count). The van der Waals surface area contributed by atoms with Gasteiger partial charge in [-0.25, -0.2) is 4.79 Å². The van der Waals surface area contributed by atoms with Gasteiger partial charge in [0, 0.05) is 37.8 Å². The van der Waals surface area contributed by atoms with Crippen molar-refractivity contribution in [3.8, 4) is 0 Å². The highest BCUT2D eigenvalue weighted by atomic mass is 16.7. The first-order chi connectivity index (χ1) is 41.8. The molecular formula is C64H103N3O20. The summed E-state index contributed by atoms with van der Waals surface area (Å²) >= 11 is 0.